The van der Waals surface area contributed by atoms with Gasteiger partial charge in [0.25, 0.3) is 0 Å². The van der Waals surface area contributed by atoms with Crippen molar-refractivity contribution in [2.45, 2.75) is 20.1 Å². The molecule has 0 heterocycles. The molecule has 0 unspecified atom stereocenters. The fourth-order valence-electron chi connectivity index (χ4n) is 1.68. The first kappa shape index (κ1) is 11.7. The van der Waals surface area contributed by atoms with Crippen LogP contribution in [0.4, 0.5) is 0 Å². The van der Waals surface area contributed by atoms with Gasteiger partial charge in [-0.1, -0.05) is 0 Å². The van der Waals surface area contributed by atoms with Crippen molar-refractivity contribution in [2.75, 3.05) is 14.2 Å². The van der Waals surface area contributed by atoms with Crippen LogP contribution in [0.5, 0.6) is 0 Å². The lowest BCUT2D eigenvalue weighted by molar-refractivity contribution is -0.106. The number of aryl methyl sites for hydroxylation is 2. The molecule has 0 spiro atoms. The van der Waals surface area contributed by atoms with Gasteiger partial charge in [0.15, 0.2) is 6.29 Å². The highest BCUT2D eigenvalue weighted by molar-refractivity contribution is 5.45. The van der Waals surface area contributed by atoms with Crippen LogP contribution in [0, 0.1) is 25.2 Å². The third-order valence-electron chi connectivity index (χ3n) is 2.37. The molecule has 1 aromatic carbocycles. The summed E-state index contributed by atoms with van der Waals surface area (Å²) in [5.41, 5.74) is 3.57. The van der Waals surface area contributed by atoms with Crippen molar-refractivity contribution in [1.29, 1.82) is 5.26 Å². The van der Waals surface area contributed by atoms with E-state index in [1.165, 1.54) is 0 Å². The first-order valence-corrected chi connectivity index (χ1v) is 4.70. The maximum atomic E-state index is 8.93. The van der Waals surface area contributed by atoms with E-state index in [1.54, 1.807) is 14.2 Å². The summed E-state index contributed by atoms with van der Waals surface area (Å²) in [7, 11) is 3.19. The number of ether oxygens (including phenoxy) is 2. The Bertz CT molecular complexity index is 366. The summed E-state index contributed by atoms with van der Waals surface area (Å²) in [5.74, 6) is 0. The number of hydrogen-bond acceptors (Lipinski definition) is 3. The molecule has 0 aliphatic carbocycles. The Balaban J connectivity index is 3.20. The van der Waals surface area contributed by atoms with Crippen LogP contribution in [-0.4, -0.2) is 14.2 Å². The van der Waals surface area contributed by atoms with Gasteiger partial charge in [-0.2, -0.15) is 5.26 Å². The van der Waals surface area contributed by atoms with Crippen molar-refractivity contribution in [2.24, 2.45) is 0 Å². The normalized spacial score (nSPS) is 10.4. The third kappa shape index (κ3) is 2.35. The predicted molar refractivity (Wildman–Crippen MR) is 57.4 cm³/mol. The molecule has 0 saturated carbocycles. The average molecular weight is 205 g/mol. The van der Waals surface area contributed by atoms with Gasteiger partial charge in [0.1, 0.15) is 0 Å². The zero-order valence-electron chi connectivity index (χ0n) is 9.50. The number of benzene rings is 1. The Labute approximate surface area is 90.2 Å². The van der Waals surface area contributed by atoms with Crippen LogP contribution in [0.3, 0.4) is 0 Å². The number of rotatable bonds is 3. The van der Waals surface area contributed by atoms with E-state index in [-0.39, 0.29) is 6.29 Å². The molecule has 0 bridgehead atoms. The van der Waals surface area contributed by atoms with Crippen molar-refractivity contribution in [3.63, 3.8) is 0 Å². The zero-order valence-corrected chi connectivity index (χ0v) is 9.50. The monoisotopic (exact) mass is 205 g/mol. The van der Waals surface area contributed by atoms with Gasteiger partial charge < -0.3 is 9.47 Å². The minimum Gasteiger partial charge on any atom is -0.352 e. The van der Waals surface area contributed by atoms with Crippen molar-refractivity contribution < 1.29 is 9.47 Å². The van der Waals surface area contributed by atoms with Crippen LogP contribution in [0.15, 0.2) is 12.1 Å². The number of nitrogens with zero attached hydrogens (tertiary/aromatic N) is 1. The topological polar surface area (TPSA) is 42.2 Å². The highest BCUT2D eigenvalue weighted by Gasteiger charge is 2.12. The van der Waals surface area contributed by atoms with E-state index in [1.807, 2.05) is 26.0 Å². The minimum atomic E-state index is -0.366. The lowest BCUT2D eigenvalue weighted by Gasteiger charge is -2.15. The minimum absolute atomic E-state index is 0.366. The maximum Gasteiger partial charge on any atom is 0.183 e. The SMILES string of the molecule is COC(OC)c1cc(C)c(C#N)c(C)c1. The summed E-state index contributed by atoms with van der Waals surface area (Å²) in [4.78, 5) is 0. The molecule has 1 rings (SSSR count). The average Bonchev–Trinajstić information content (AvgIpc) is 2.19. The lowest BCUT2D eigenvalue weighted by Crippen LogP contribution is -2.05. The van der Waals surface area contributed by atoms with E-state index < -0.39 is 0 Å². The molecule has 0 N–H and O–H groups in total. The van der Waals surface area contributed by atoms with Crippen LogP contribution in [-0.2, 0) is 9.47 Å². The standard InChI is InChI=1S/C12H15NO2/c1-8-5-10(12(14-3)15-4)6-9(2)11(8)7-13/h5-6,12H,1-4H3. The van der Waals surface area contributed by atoms with Crippen LogP contribution in [0.2, 0.25) is 0 Å². The van der Waals surface area contributed by atoms with Gasteiger partial charge in [0.2, 0.25) is 0 Å². The molecule has 0 aliphatic rings. The van der Waals surface area contributed by atoms with E-state index >= 15 is 0 Å². The lowest BCUT2D eigenvalue weighted by atomic mass is 10.00. The first-order valence-electron chi connectivity index (χ1n) is 4.70. The molecular formula is C12H15NO2. The second-order valence-corrected chi connectivity index (χ2v) is 3.44. The summed E-state index contributed by atoms with van der Waals surface area (Å²) in [6.45, 7) is 3.83. The molecule has 0 atom stereocenters. The Morgan fingerprint density at radius 2 is 1.60 bits per heavy atom. The number of nitriles is 1. The highest BCUT2D eigenvalue weighted by atomic mass is 16.7. The Hall–Kier alpha value is -1.37. The van der Waals surface area contributed by atoms with Gasteiger partial charge in [-0.3, -0.25) is 0 Å². The fourth-order valence-corrected chi connectivity index (χ4v) is 1.68. The summed E-state index contributed by atoms with van der Waals surface area (Å²) in [6, 6.07) is 6.02. The predicted octanol–water partition coefficient (Wildman–Crippen LogP) is 2.47. The quantitative estimate of drug-likeness (QED) is 0.712. The molecule has 15 heavy (non-hydrogen) atoms. The van der Waals surface area contributed by atoms with E-state index in [2.05, 4.69) is 6.07 Å². The maximum absolute atomic E-state index is 8.93. The Morgan fingerprint density at radius 1 is 1.13 bits per heavy atom. The number of hydrogen-bond donors (Lipinski definition) is 0. The van der Waals surface area contributed by atoms with E-state index in [0.29, 0.717) is 0 Å². The largest absolute Gasteiger partial charge is 0.352 e. The van der Waals surface area contributed by atoms with E-state index in [9.17, 15) is 0 Å². The van der Waals surface area contributed by atoms with Crippen molar-refractivity contribution >= 4 is 0 Å². The van der Waals surface area contributed by atoms with Crippen LogP contribution in [0.1, 0.15) is 28.5 Å². The Kier molecular flexibility index (Phi) is 3.84. The second-order valence-electron chi connectivity index (χ2n) is 3.44. The van der Waals surface area contributed by atoms with Crippen LogP contribution in [0.25, 0.3) is 0 Å². The Morgan fingerprint density at radius 3 is 1.93 bits per heavy atom. The molecule has 3 heteroatoms. The highest BCUT2D eigenvalue weighted by Crippen LogP contribution is 2.23. The molecule has 0 radical (unpaired) electrons. The zero-order chi connectivity index (χ0) is 11.4. The van der Waals surface area contributed by atoms with Gasteiger partial charge in [-0.25, -0.2) is 0 Å². The fraction of sp³-hybridized carbons (Fsp3) is 0.417. The first-order chi connectivity index (χ1) is 7.13. The molecule has 0 aliphatic heterocycles. The van der Waals surface area contributed by atoms with Crippen LogP contribution < -0.4 is 0 Å². The van der Waals surface area contributed by atoms with Gasteiger partial charge in [0.05, 0.1) is 11.6 Å². The van der Waals surface area contributed by atoms with E-state index in [0.717, 1.165) is 22.3 Å². The van der Waals surface area contributed by atoms with Crippen molar-refractivity contribution in [3.05, 3.63) is 34.4 Å². The van der Waals surface area contributed by atoms with Gasteiger partial charge in [-0.15, -0.1) is 0 Å². The summed E-state index contributed by atoms with van der Waals surface area (Å²) < 4.78 is 10.3. The molecule has 3 nitrogen and oxygen atoms in total. The van der Waals surface area contributed by atoms with E-state index in [4.69, 9.17) is 14.7 Å². The van der Waals surface area contributed by atoms with Gasteiger partial charge in [-0.05, 0) is 37.1 Å². The third-order valence-corrected chi connectivity index (χ3v) is 2.37. The molecule has 80 valence electrons. The molecule has 0 amide bonds. The second kappa shape index (κ2) is 4.92. The van der Waals surface area contributed by atoms with Crippen molar-refractivity contribution in [1.82, 2.24) is 0 Å². The molecule has 1 aromatic rings. The molecular weight excluding hydrogens is 190 g/mol. The molecule has 0 saturated heterocycles. The molecule has 0 aromatic heterocycles. The molecule has 0 fully saturated rings. The van der Waals surface area contributed by atoms with Gasteiger partial charge >= 0.3 is 0 Å². The smallest absolute Gasteiger partial charge is 0.183 e. The summed E-state index contributed by atoms with van der Waals surface area (Å²) >= 11 is 0. The van der Waals surface area contributed by atoms with Gasteiger partial charge in [0, 0.05) is 19.8 Å². The number of methoxy groups -OCH3 is 2. The van der Waals surface area contributed by atoms with Crippen molar-refractivity contribution in [3.8, 4) is 6.07 Å². The van der Waals surface area contributed by atoms with Crippen LogP contribution >= 0.6 is 0 Å². The summed E-state index contributed by atoms with van der Waals surface area (Å²) in [5, 5.41) is 8.93. The summed E-state index contributed by atoms with van der Waals surface area (Å²) in [6.07, 6.45) is -0.366.